The third-order valence-corrected chi connectivity index (χ3v) is 2.52. The van der Waals surface area contributed by atoms with Crippen LogP contribution >= 0.6 is 15.9 Å². The van der Waals surface area contributed by atoms with E-state index in [1.54, 1.807) is 24.3 Å². The minimum atomic E-state index is -0.300. The van der Waals surface area contributed by atoms with E-state index >= 15 is 0 Å². The Hall–Kier alpha value is -1.82. The molecular formula is C14H18BrN3O2. The Morgan fingerprint density at radius 1 is 1.35 bits per heavy atom. The number of hydrogen-bond donors (Lipinski definition) is 3. The molecule has 6 heteroatoms. The van der Waals surface area contributed by atoms with Crippen LogP contribution in [0.5, 0.6) is 0 Å². The molecule has 1 rings (SSSR count). The molecule has 20 heavy (non-hydrogen) atoms. The van der Waals surface area contributed by atoms with E-state index in [1.807, 2.05) is 13.8 Å². The van der Waals surface area contributed by atoms with E-state index in [1.165, 1.54) is 0 Å². The highest BCUT2D eigenvalue weighted by atomic mass is 79.9. The van der Waals surface area contributed by atoms with Crippen LogP contribution in [0, 0.1) is 0 Å². The average molecular weight is 340 g/mol. The van der Waals surface area contributed by atoms with Crippen molar-refractivity contribution in [3.63, 3.8) is 0 Å². The van der Waals surface area contributed by atoms with Gasteiger partial charge in [-0.1, -0.05) is 28.6 Å². The first kappa shape index (κ1) is 16.2. The van der Waals surface area contributed by atoms with Crippen molar-refractivity contribution in [2.75, 3.05) is 11.9 Å². The fourth-order valence-corrected chi connectivity index (χ4v) is 1.59. The fraction of sp³-hybridized carbons (Fsp3) is 0.286. The number of rotatable bonds is 5. The molecule has 1 aromatic carbocycles. The molecule has 0 aromatic heterocycles. The average Bonchev–Trinajstić information content (AvgIpc) is 2.35. The van der Waals surface area contributed by atoms with Crippen molar-refractivity contribution in [3.05, 3.63) is 40.9 Å². The van der Waals surface area contributed by atoms with Gasteiger partial charge in [0, 0.05) is 28.3 Å². The zero-order valence-electron chi connectivity index (χ0n) is 11.5. The van der Waals surface area contributed by atoms with Crippen molar-refractivity contribution >= 4 is 33.6 Å². The molecule has 5 nitrogen and oxygen atoms in total. The molecule has 0 atom stereocenters. The summed E-state index contributed by atoms with van der Waals surface area (Å²) in [6, 6.07) is 6.48. The first-order valence-corrected chi connectivity index (χ1v) is 6.97. The number of amides is 3. The number of anilines is 1. The van der Waals surface area contributed by atoms with Crippen molar-refractivity contribution < 1.29 is 9.59 Å². The highest BCUT2D eigenvalue weighted by Gasteiger charge is 2.08. The lowest BCUT2D eigenvalue weighted by Crippen LogP contribution is -2.34. The van der Waals surface area contributed by atoms with Gasteiger partial charge < -0.3 is 16.0 Å². The molecule has 3 amide bonds. The van der Waals surface area contributed by atoms with Crippen LogP contribution in [-0.4, -0.2) is 24.5 Å². The molecule has 0 saturated heterocycles. The molecule has 0 aliphatic carbocycles. The van der Waals surface area contributed by atoms with E-state index in [0.717, 1.165) is 0 Å². The maximum atomic E-state index is 11.9. The van der Waals surface area contributed by atoms with E-state index in [0.29, 0.717) is 22.3 Å². The maximum absolute atomic E-state index is 11.9. The molecule has 0 unspecified atom stereocenters. The predicted molar refractivity (Wildman–Crippen MR) is 84.1 cm³/mol. The van der Waals surface area contributed by atoms with Crippen LogP contribution in [0.4, 0.5) is 10.5 Å². The van der Waals surface area contributed by atoms with Crippen LogP contribution in [0.25, 0.3) is 0 Å². The molecule has 0 heterocycles. The van der Waals surface area contributed by atoms with Crippen molar-refractivity contribution in [3.8, 4) is 0 Å². The van der Waals surface area contributed by atoms with Crippen molar-refractivity contribution in [2.45, 2.75) is 19.9 Å². The number of nitrogens with one attached hydrogen (secondary N) is 3. The zero-order chi connectivity index (χ0) is 15.1. The van der Waals surface area contributed by atoms with Gasteiger partial charge in [-0.05, 0) is 32.0 Å². The number of halogens is 1. The Bertz CT molecular complexity index is 515. The van der Waals surface area contributed by atoms with Gasteiger partial charge in [0.05, 0.1) is 0 Å². The molecule has 0 fully saturated rings. The van der Waals surface area contributed by atoms with Crippen LogP contribution in [0.15, 0.2) is 35.3 Å². The smallest absolute Gasteiger partial charge is 0.319 e. The Balaban J connectivity index is 2.68. The van der Waals surface area contributed by atoms with Gasteiger partial charge in [0.2, 0.25) is 0 Å². The Labute approximate surface area is 127 Å². The summed E-state index contributed by atoms with van der Waals surface area (Å²) in [5.41, 5.74) is 1.04. The Kier molecular flexibility index (Phi) is 6.24. The topological polar surface area (TPSA) is 70.2 Å². The van der Waals surface area contributed by atoms with Crippen LogP contribution in [-0.2, 0) is 0 Å². The number of carbonyl (C=O) groups excluding carboxylic acids is 2. The van der Waals surface area contributed by atoms with Crippen molar-refractivity contribution in [2.24, 2.45) is 0 Å². The summed E-state index contributed by atoms with van der Waals surface area (Å²) in [6.45, 7) is 7.74. The SMILES string of the molecule is C=C(Br)CNC(=O)c1cccc(NC(=O)NC(C)C)c1. The number of carbonyl (C=O) groups is 2. The van der Waals surface area contributed by atoms with Crippen LogP contribution in [0.2, 0.25) is 0 Å². The lowest BCUT2D eigenvalue weighted by atomic mass is 10.2. The van der Waals surface area contributed by atoms with Crippen LogP contribution in [0.3, 0.4) is 0 Å². The maximum Gasteiger partial charge on any atom is 0.319 e. The zero-order valence-corrected chi connectivity index (χ0v) is 13.1. The highest BCUT2D eigenvalue weighted by molar-refractivity contribution is 9.11. The second kappa shape index (κ2) is 7.69. The Morgan fingerprint density at radius 3 is 2.65 bits per heavy atom. The molecule has 0 saturated carbocycles. The largest absolute Gasteiger partial charge is 0.347 e. The van der Waals surface area contributed by atoms with Crippen LogP contribution < -0.4 is 16.0 Å². The molecule has 0 spiro atoms. The molecule has 0 radical (unpaired) electrons. The molecule has 1 aromatic rings. The predicted octanol–water partition coefficient (Wildman–Crippen LogP) is 2.85. The lowest BCUT2D eigenvalue weighted by molar-refractivity contribution is 0.0957. The number of urea groups is 1. The van der Waals surface area contributed by atoms with Gasteiger partial charge in [-0.15, -0.1) is 0 Å². The minimum Gasteiger partial charge on any atom is -0.347 e. The van der Waals surface area contributed by atoms with Crippen molar-refractivity contribution in [1.29, 1.82) is 0 Å². The monoisotopic (exact) mass is 339 g/mol. The first-order valence-electron chi connectivity index (χ1n) is 6.17. The van der Waals surface area contributed by atoms with Gasteiger partial charge in [0.15, 0.2) is 0 Å². The minimum absolute atomic E-state index is 0.0476. The van der Waals surface area contributed by atoms with E-state index in [9.17, 15) is 9.59 Å². The van der Waals surface area contributed by atoms with E-state index < -0.39 is 0 Å². The third kappa shape index (κ3) is 5.88. The third-order valence-electron chi connectivity index (χ3n) is 2.24. The summed E-state index contributed by atoms with van der Waals surface area (Å²) < 4.78 is 0.691. The summed E-state index contributed by atoms with van der Waals surface area (Å²) in [6.07, 6.45) is 0. The van der Waals surface area contributed by atoms with Gasteiger partial charge in [0.1, 0.15) is 0 Å². The molecule has 0 aliphatic heterocycles. The molecule has 0 aliphatic rings. The summed E-state index contributed by atoms with van der Waals surface area (Å²) in [4.78, 5) is 23.4. The number of benzene rings is 1. The molecule has 3 N–H and O–H groups in total. The summed E-state index contributed by atoms with van der Waals surface area (Å²) in [7, 11) is 0. The van der Waals surface area contributed by atoms with E-state index in [4.69, 9.17) is 0 Å². The highest BCUT2D eigenvalue weighted by Crippen LogP contribution is 2.11. The van der Waals surface area contributed by atoms with E-state index in [-0.39, 0.29) is 18.0 Å². The van der Waals surface area contributed by atoms with Gasteiger partial charge >= 0.3 is 6.03 Å². The molecule has 0 bridgehead atoms. The van der Waals surface area contributed by atoms with Gasteiger partial charge in [-0.3, -0.25) is 4.79 Å². The summed E-state index contributed by atoms with van der Waals surface area (Å²) in [5.74, 6) is -0.224. The van der Waals surface area contributed by atoms with Gasteiger partial charge in [0.25, 0.3) is 5.91 Å². The normalized spacial score (nSPS) is 10.0. The molecular weight excluding hydrogens is 322 g/mol. The van der Waals surface area contributed by atoms with Crippen molar-refractivity contribution in [1.82, 2.24) is 10.6 Å². The lowest BCUT2D eigenvalue weighted by Gasteiger charge is -2.11. The van der Waals surface area contributed by atoms with Crippen LogP contribution in [0.1, 0.15) is 24.2 Å². The second-order valence-electron chi connectivity index (χ2n) is 4.53. The van der Waals surface area contributed by atoms with Gasteiger partial charge in [-0.25, -0.2) is 4.79 Å². The van der Waals surface area contributed by atoms with Gasteiger partial charge in [-0.2, -0.15) is 0 Å². The fourth-order valence-electron chi connectivity index (χ4n) is 1.45. The number of hydrogen-bond acceptors (Lipinski definition) is 2. The quantitative estimate of drug-likeness (QED) is 0.771. The first-order chi connectivity index (χ1) is 9.38. The summed E-state index contributed by atoms with van der Waals surface area (Å²) >= 11 is 3.17. The standard InChI is InChI=1S/C14H18BrN3O2/c1-9(2)17-14(20)18-12-6-4-5-11(7-12)13(19)16-8-10(3)15/h4-7,9H,3,8H2,1-2H3,(H,16,19)(H2,17,18,20). The summed E-state index contributed by atoms with van der Waals surface area (Å²) in [5, 5.41) is 8.09. The Morgan fingerprint density at radius 2 is 2.05 bits per heavy atom. The molecule has 108 valence electrons. The van der Waals surface area contributed by atoms with E-state index in [2.05, 4.69) is 38.5 Å². The second-order valence-corrected chi connectivity index (χ2v) is 5.66.